The molecule has 10 heavy (non-hydrogen) atoms. The number of rotatable bonds is 0. The first kappa shape index (κ1) is 122. The quantitative estimate of drug-likeness (QED) is 0.345. The Balaban J connectivity index is 0. The molecule has 0 amide bonds. The van der Waals surface area contributed by atoms with Gasteiger partial charge in [-0.1, -0.05) is 0 Å². The van der Waals surface area contributed by atoms with Crippen molar-refractivity contribution >= 4 is 148 Å². The second-order valence-electron chi connectivity index (χ2n) is 0. The summed E-state index contributed by atoms with van der Waals surface area (Å²) in [6.45, 7) is 0. The first-order chi connectivity index (χ1) is 0. The smallest absolute Gasteiger partial charge is 0 e. The maximum absolute atomic E-state index is 0. The van der Waals surface area contributed by atoms with Crippen LogP contribution in [0.25, 0.3) is 0 Å². The van der Waals surface area contributed by atoms with Crippen LogP contribution in [-0.2, 0) is 0 Å². The van der Waals surface area contributed by atoms with Gasteiger partial charge in [-0.05, 0) is 0 Å². The maximum atomic E-state index is 0. The minimum absolute atomic E-state index is 0. The van der Waals surface area contributed by atoms with E-state index in [4.69, 9.17) is 0 Å². The molecule has 0 rings (SSSR count). The van der Waals surface area contributed by atoms with Crippen molar-refractivity contribution in [2.24, 2.45) is 0 Å². The molecule has 0 atom stereocenters. The molecule has 0 bridgehead atoms. The Bertz CT molecular complexity index is 10.0. The van der Waals surface area contributed by atoms with Gasteiger partial charge in [0.1, 0.15) is 0 Å². The molecule has 0 aliphatic heterocycles. The monoisotopic (exact) mass is 205 g/mol. The predicted octanol–water partition coefficient (Wildman–Crippen LogP) is -6.03. The van der Waals surface area contributed by atoms with E-state index >= 15 is 0 Å². The SMILES string of the molecule is O.O.O.O.O.[Na].[Na].[Na].[Na].[Na]. The normalized spacial score (nSPS) is 0. The summed E-state index contributed by atoms with van der Waals surface area (Å²) in [5.41, 5.74) is 0. The molecular weight excluding hydrogens is 195 g/mol. The van der Waals surface area contributed by atoms with Crippen molar-refractivity contribution in [3.8, 4) is 0 Å². The fraction of sp³-hybridized carbons (Fsp3) is 0. The van der Waals surface area contributed by atoms with Crippen molar-refractivity contribution in [3.63, 3.8) is 0 Å². The molecule has 0 aliphatic rings. The summed E-state index contributed by atoms with van der Waals surface area (Å²) in [5, 5.41) is 0. The summed E-state index contributed by atoms with van der Waals surface area (Å²) in [7, 11) is 0. The maximum Gasteiger partial charge on any atom is 0 e. The average molecular weight is 205 g/mol. The summed E-state index contributed by atoms with van der Waals surface area (Å²) >= 11 is 0. The molecule has 5 nitrogen and oxygen atoms in total. The van der Waals surface area contributed by atoms with Gasteiger partial charge in [-0.3, -0.25) is 0 Å². The minimum atomic E-state index is 0. The van der Waals surface area contributed by atoms with E-state index in [1.165, 1.54) is 0 Å². The zero-order valence-electron chi connectivity index (χ0n) is 7.50. The molecule has 45 valence electrons. The average Bonchev–Trinajstić information content (AvgIpc) is 0. The van der Waals surface area contributed by atoms with Crippen molar-refractivity contribution in [2.75, 3.05) is 0 Å². The van der Waals surface area contributed by atoms with Crippen LogP contribution in [0.3, 0.4) is 0 Å². The van der Waals surface area contributed by atoms with Crippen LogP contribution in [0, 0.1) is 0 Å². The van der Waals surface area contributed by atoms with Crippen molar-refractivity contribution < 1.29 is 27.4 Å². The Morgan fingerprint density at radius 1 is 0.200 bits per heavy atom. The van der Waals surface area contributed by atoms with E-state index in [0.29, 0.717) is 0 Å². The van der Waals surface area contributed by atoms with Crippen molar-refractivity contribution in [3.05, 3.63) is 0 Å². The van der Waals surface area contributed by atoms with Gasteiger partial charge >= 0.3 is 0 Å². The molecule has 0 heterocycles. The Hall–Kier alpha value is 4.80. The molecule has 0 aromatic carbocycles. The molecule has 0 saturated carbocycles. The summed E-state index contributed by atoms with van der Waals surface area (Å²) in [6, 6.07) is 0. The Labute approximate surface area is 171 Å². The third-order valence-corrected chi connectivity index (χ3v) is 0. The van der Waals surface area contributed by atoms with Crippen molar-refractivity contribution in [1.29, 1.82) is 0 Å². The van der Waals surface area contributed by atoms with Crippen molar-refractivity contribution in [1.82, 2.24) is 0 Å². The van der Waals surface area contributed by atoms with Gasteiger partial charge in [0.25, 0.3) is 0 Å². The van der Waals surface area contributed by atoms with Crippen molar-refractivity contribution in [2.45, 2.75) is 0 Å². The number of hydrogen-bond donors (Lipinski definition) is 0. The van der Waals surface area contributed by atoms with Crippen LogP contribution in [-0.4, -0.2) is 175 Å². The van der Waals surface area contributed by atoms with Gasteiger partial charge in [-0.25, -0.2) is 0 Å². The third-order valence-electron chi connectivity index (χ3n) is 0. The van der Waals surface area contributed by atoms with Gasteiger partial charge in [0.15, 0.2) is 0 Å². The zero-order valence-corrected chi connectivity index (χ0v) is 17.5. The zero-order chi connectivity index (χ0) is 0. The molecule has 0 spiro atoms. The summed E-state index contributed by atoms with van der Waals surface area (Å²) in [4.78, 5) is 0. The standard InChI is InChI=1S/5Na.5H2O/h;;;;;5*1H2. The van der Waals surface area contributed by atoms with Crippen LogP contribution >= 0.6 is 0 Å². The largest absolute Gasteiger partial charge is 0.412 e. The summed E-state index contributed by atoms with van der Waals surface area (Å²) in [5.74, 6) is 0. The van der Waals surface area contributed by atoms with Gasteiger partial charge in [0.2, 0.25) is 0 Å². The summed E-state index contributed by atoms with van der Waals surface area (Å²) in [6.07, 6.45) is 0. The first-order valence-corrected chi connectivity index (χ1v) is 0. The van der Waals surface area contributed by atoms with Gasteiger partial charge in [0, 0.05) is 148 Å². The van der Waals surface area contributed by atoms with E-state index in [9.17, 15) is 0 Å². The predicted molar refractivity (Wildman–Crippen MR) is 46.8 cm³/mol. The molecule has 0 aliphatic carbocycles. The van der Waals surface area contributed by atoms with E-state index in [-0.39, 0.29) is 175 Å². The van der Waals surface area contributed by atoms with Crippen LogP contribution in [0.5, 0.6) is 0 Å². The second-order valence-corrected chi connectivity index (χ2v) is 0. The third kappa shape index (κ3) is 77.4. The van der Waals surface area contributed by atoms with E-state index in [1.807, 2.05) is 0 Å². The Morgan fingerprint density at radius 2 is 0.200 bits per heavy atom. The van der Waals surface area contributed by atoms with Gasteiger partial charge in [0.05, 0.1) is 0 Å². The van der Waals surface area contributed by atoms with E-state index in [0.717, 1.165) is 0 Å². The molecular formula is H10Na5O5. The fourth-order valence-corrected chi connectivity index (χ4v) is 0. The van der Waals surface area contributed by atoms with Gasteiger partial charge in [-0.15, -0.1) is 0 Å². The van der Waals surface area contributed by atoms with Crippen LogP contribution in [0.4, 0.5) is 0 Å². The minimum Gasteiger partial charge on any atom is -0.412 e. The summed E-state index contributed by atoms with van der Waals surface area (Å²) < 4.78 is 0. The van der Waals surface area contributed by atoms with Gasteiger partial charge in [-0.2, -0.15) is 0 Å². The van der Waals surface area contributed by atoms with Crippen LogP contribution in [0.15, 0.2) is 0 Å². The molecule has 0 aromatic heterocycles. The first-order valence-electron chi connectivity index (χ1n) is 0. The van der Waals surface area contributed by atoms with E-state index in [2.05, 4.69) is 0 Å². The molecule has 0 unspecified atom stereocenters. The molecule has 10 heteroatoms. The fourth-order valence-electron chi connectivity index (χ4n) is 0. The molecule has 0 aromatic rings. The molecule has 5 radical (unpaired) electrons. The second kappa shape index (κ2) is 98.1. The van der Waals surface area contributed by atoms with Crippen LogP contribution in [0.2, 0.25) is 0 Å². The van der Waals surface area contributed by atoms with Crippen LogP contribution < -0.4 is 0 Å². The topological polar surface area (TPSA) is 158 Å². The molecule has 0 fully saturated rings. The number of hydrogen-bond acceptors (Lipinski definition) is 0. The van der Waals surface area contributed by atoms with Gasteiger partial charge < -0.3 is 27.4 Å². The van der Waals surface area contributed by atoms with E-state index in [1.54, 1.807) is 0 Å². The Kier molecular flexibility index (Phi) is 1200. The van der Waals surface area contributed by atoms with E-state index < -0.39 is 0 Å². The molecule has 10 N–H and O–H groups in total. The Morgan fingerprint density at radius 3 is 0.200 bits per heavy atom. The molecule has 0 saturated heterocycles. The van der Waals surface area contributed by atoms with Crippen LogP contribution in [0.1, 0.15) is 0 Å².